The van der Waals surface area contributed by atoms with Gasteiger partial charge >= 0.3 is 0 Å². The molecule has 0 bridgehead atoms. The van der Waals surface area contributed by atoms with Gasteiger partial charge in [-0.15, -0.1) is 0 Å². The van der Waals surface area contributed by atoms with Crippen LogP contribution in [-0.2, 0) is 4.74 Å². The van der Waals surface area contributed by atoms with Gasteiger partial charge in [-0.2, -0.15) is 5.26 Å². The van der Waals surface area contributed by atoms with Gasteiger partial charge in [-0.25, -0.2) is 9.97 Å². The summed E-state index contributed by atoms with van der Waals surface area (Å²) in [6.07, 6.45) is 3.37. The lowest BCUT2D eigenvalue weighted by molar-refractivity contribution is 0.122. The van der Waals surface area contributed by atoms with Gasteiger partial charge in [-0.05, 0) is 12.1 Å². The van der Waals surface area contributed by atoms with Crippen LogP contribution in [0.5, 0.6) is 0 Å². The summed E-state index contributed by atoms with van der Waals surface area (Å²) in [4.78, 5) is 14.9. The Morgan fingerprint density at radius 1 is 1.15 bits per heavy atom. The SMILES string of the molecule is N#Cc1cc(N2CCOCC2)nc(-c2ccncc2)n1. The first kappa shape index (κ1) is 12.5. The molecule has 3 rings (SSSR count). The van der Waals surface area contributed by atoms with Gasteiger partial charge in [0.25, 0.3) is 0 Å². The zero-order chi connectivity index (χ0) is 13.8. The lowest BCUT2D eigenvalue weighted by atomic mass is 10.2. The second kappa shape index (κ2) is 5.63. The summed E-state index contributed by atoms with van der Waals surface area (Å²) in [5, 5.41) is 9.14. The molecule has 0 radical (unpaired) electrons. The minimum atomic E-state index is 0.369. The van der Waals surface area contributed by atoms with Gasteiger partial charge in [0, 0.05) is 37.1 Å². The molecule has 20 heavy (non-hydrogen) atoms. The van der Waals surface area contributed by atoms with Crippen LogP contribution in [0.2, 0.25) is 0 Å². The average molecular weight is 267 g/mol. The minimum absolute atomic E-state index is 0.369. The van der Waals surface area contributed by atoms with E-state index in [1.165, 1.54) is 0 Å². The van der Waals surface area contributed by atoms with Crippen molar-refractivity contribution in [3.8, 4) is 17.5 Å². The largest absolute Gasteiger partial charge is 0.378 e. The Kier molecular flexibility index (Phi) is 3.52. The molecule has 100 valence electrons. The fraction of sp³-hybridized carbons (Fsp3) is 0.286. The summed E-state index contributed by atoms with van der Waals surface area (Å²) in [5.41, 5.74) is 1.22. The van der Waals surface area contributed by atoms with E-state index in [9.17, 15) is 0 Å². The summed E-state index contributed by atoms with van der Waals surface area (Å²) in [7, 11) is 0. The van der Waals surface area contributed by atoms with E-state index in [-0.39, 0.29) is 0 Å². The molecule has 1 aliphatic heterocycles. The van der Waals surface area contributed by atoms with Gasteiger partial charge in [0.1, 0.15) is 17.6 Å². The minimum Gasteiger partial charge on any atom is -0.378 e. The van der Waals surface area contributed by atoms with Crippen molar-refractivity contribution in [3.05, 3.63) is 36.3 Å². The van der Waals surface area contributed by atoms with Crippen LogP contribution in [0.3, 0.4) is 0 Å². The Labute approximate surface area is 116 Å². The number of hydrogen-bond acceptors (Lipinski definition) is 6. The molecule has 2 aromatic heterocycles. The van der Waals surface area contributed by atoms with Crippen LogP contribution in [0.1, 0.15) is 5.69 Å². The van der Waals surface area contributed by atoms with Crippen molar-refractivity contribution >= 4 is 5.82 Å². The van der Waals surface area contributed by atoms with Gasteiger partial charge in [-0.3, -0.25) is 4.98 Å². The zero-order valence-electron chi connectivity index (χ0n) is 10.9. The summed E-state index contributed by atoms with van der Waals surface area (Å²) >= 11 is 0. The average Bonchev–Trinajstić information content (AvgIpc) is 2.56. The van der Waals surface area contributed by atoms with E-state index >= 15 is 0 Å². The second-order valence-electron chi connectivity index (χ2n) is 4.38. The number of nitriles is 1. The molecule has 1 fully saturated rings. The Bertz CT molecular complexity index is 632. The third-order valence-electron chi connectivity index (χ3n) is 3.10. The summed E-state index contributed by atoms with van der Waals surface area (Å²) in [6.45, 7) is 2.91. The van der Waals surface area contributed by atoms with Crippen LogP contribution < -0.4 is 4.90 Å². The summed E-state index contributed by atoms with van der Waals surface area (Å²) in [6, 6.07) is 7.48. The van der Waals surface area contributed by atoms with Crippen molar-refractivity contribution in [3.63, 3.8) is 0 Å². The zero-order valence-corrected chi connectivity index (χ0v) is 10.9. The standard InChI is InChI=1S/C14H13N5O/c15-10-12-9-13(19-5-7-20-8-6-19)18-14(17-12)11-1-3-16-4-2-11/h1-4,9H,5-8H2. The molecule has 2 aromatic rings. The van der Waals surface area contributed by atoms with Crippen molar-refractivity contribution in [2.75, 3.05) is 31.2 Å². The van der Waals surface area contributed by atoms with Crippen LogP contribution in [0, 0.1) is 11.3 Å². The normalized spacial score (nSPS) is 14.8. The molecule has 0 N–H and O–H groups in total. The lowest BCUT2D eigenvalue weighted by Gasteiger charge is -2.28. The highest BCUT2D eigenvalue weighted by Crippen LogP contribution is 2.20. The highest BCUT2D eigenvalue weighted by atomic mass is 16.5. The van der Waals surface area contributed by atoms with Crippen molar-refractivity contribution < 1.29 is 4.74 Å². The maximum atomic E-state index is 9.14. The Balaban J connectivity index is 2.01. The molecular weight excluding hydrogens is 254 g/mol. The van der Waals surface area contributed by atoms with Gasteiger partial charge in [0.15, 0.2) is 5.82 Å². The molecule has 3 heterocycles. The predicted molar refractivity (Wildman–Crippen MR) is 73.0 cm³/mol. The van der Waals surface area contributed by atoms with Gasteiger partial charge in [0.05, 0.1) is 13.2 Å². The van der Waals surface area contributed by atoms with E-state index in [4.69, 9.17) is 10.00 Å². The van der Waals surface area contributed by atoms with Crippen LogP contribution in [0.4, 0.5) is 5.82 Å². The van der Waals surface area contributed by atoms with Crippen molar-refractivity contribution in [1.29, 1.82) is 5.26 Å². The fourth-order valence-electron chi connectivity index (χ4n) is 2.08. The first-order valence-electron chi connectivity index (χ1n) is 6.39. The molecule has 0 amide bonds. The van der Waals surface area contributed by atoms with E-state index in [0.29, 0.717) is 24.7 Å². The molecule has 1 aliphatic rings. The highest BCUT2D eigenvalue weighted by Gasteiger charge is 2.15. The van der Waals surface area contributed by atoms with Crippen LogP contribution in [0.15, 0.2) is 30.6 Å². The molecule has 0 atom stereocenters. The number of ether oxygens (including phenoxy) is 1. The monoisotopic (exact) mass is 267 g/mol. The van der Waals surface area contributed by atoms with Gasteiger partial charge < -0.3 is 9.64 Å². The third-order valence-corrected chi connectivity index (χ3v) is 3.10. The van der Waals surface area contributed by atoms with Crippen LogP contribution in [-0.4, -0.2) is 41.3 Å². The first-order chi connectivity index (χ1) is 9.86. The number of hydrogen-bond donors (Lipinski definition) is 0. The second-order valence-corrected chi connectivity index (χ2v) is 4.38. The molecule has 0 saturated carbocycles. The van der Waals surface area contributed by atoms with E-state index in [0.717, 1.165) is 24.5 Å². The van der Waals surface area contributed by atoms with Crippen LogP contribution >= 0.6 is 0 Å². The topological polar surface area (TPSA) is 74.9 Å². The maximum absolute atomic E-state index is 9.14. The van der Waals surface area contributed by atoms with Crippen molar-refractivity contribution in [2.24, 2.45) is 0 Å². The summed E-state index contributed by atoms with van der Waals surface area (Å²) in [5.74, 6) is 1.32. The number of nitrogens with zero attached hydrogens (tertiary/aromatic N) is 5. The van der Waals surface area contributed by atoms with Crippen molar-refractivity contribution in [1.82, 2.24) is 15.0 Å². The Morgan fingerprint density at radius 3 is 2.60 bits per heavy atom. The number of morpholine rings is 1. The Morgan fingerprint density at radius 2 is 1.90 bits per heavy atom. The molecule has 0 unspecified atom stereocenters. The molecule has 0 aliphatic carbocycles. The smallest absolute Gasteiger partial charge is 0.163 e. The van der Waals surface area contributed by atoms with Gasteiger partial charge in [0.2, 0.25) is 0 Å². The van der Waals surface area contributed by atoms with E-state index in [1.807, 2.05) is 12.1 Å². The third kappa shape index (κ3) is 2.58. The first-order valence-corrected chi connectivity index (χ1v) is 6.39. The number of rotatable bonds is 2. The number of pyridine rings is 1. The lowest BCUT2D eigenvalue weighted by Crippen LogP contribution is -2.36. The molecule has 0 aromatic carbocycles. The fourth-order valence-corrected chi connectivity index (χ4v) is 2.08. The summed E-state index contributed by atoms with van der Waals surface area (Å²) < 4.78 is 5.33. The van der Waals surface area contributed by atoms with Crippen LogP contribution in [0.25, 0.3) is 11.4 Å². The molecule has 6 heteroatoms. The van der Waals surface area contributed by atoms with Crippen molar-refractivity contribution in [2.45, 2.75) is 0 Å². The van der Waals surface area contributed by atoms with E-state index in [1.54, 1.807) is 18.5 Å². The maximum Gasteiger partial charge on any atom is 0.163 e. The van der Waals surface area contributed by atoms with Gasteiger partial charge in [-0.1, -0.05) is 0 Å². The number of anilines is 1. The predicted octanol–water partition coefficient (Wildman–Crippen LogP) is 1.25. The number of aromatic nitrogens is 3. The van der Waals surface area contributed by atoms with E-state index in [2.05, 4.69) is 25.9 Å². The Hall–Kier alpha value is -2.52. The molecule has 1 saturated heterocycles. The quantitative estimate of drug-likeness (QED) is 0.815. The highest BCUT2D eigenvalue weighted by molar-refractivity contribution is 5.58. The molecular formula is C14H13N5O. The molecule has 6 nitrogen and oxygen atoms in total. The molecule has 0 spiro atoms. The van der Waals surface area contributed by atoms with E-state index < -0.39 is 0 Å².